The number of rotatable bonds is 7. The largest absolute Gasteiger partial charge is 0.379 e. The van der Waals surface area contributed by atoms with Crippen LogP contribution in [0.2, 0.25) is 0 Å². The minimum absolute atomic E-state index is 0.243. The molecule has 0 aliphatic carbocycles. The van der Waals surface area contributed by atoms with E-state index in [9.17, 15) is 4.39 Å². The summed E-state index contributed by atoms with van der Waals surface area (Å²) in [6, 6.07) is 10.4. The fourth-order valence-corrected chi connectivity index (χ4v) is 3.54. The van der Waals surface area contributed by atoms with Gasteiger partial charge in [0.25, 0.3) is 0 Å². The Balaban J connectivity index is 1.47. The highest BCUT2D eigenvalue weighted by Crippen LogP contribution is 2.30. The standard InChI is InChI=1S/C22H25FN4O/c23-19-6-4-17(5-7-19)21-22(18-8-10-24-11-9-18)26-20(25-21)3-1-2-12-27-13-15-28-16-14-27/h4-11H,1-3,12-16H2,(H,25,26). The summed E-state index contributed by atoms with van der Waals surface area (Å²) in [6.07, 6.45) is 6.64. The van der Waals surface area contributed by atoms with Crippen molar-refractivity contribution in [3.05, 3.63) is 60.4 Å². The van der Waals surface area contributed by atoms with Crippen LogP contribution in [-0.2, 0) is 11.2 Å². The molecule has 4 rings (SSSR count). The van der Waals surface area contributed by atoms with Gasteiger partial charge in [-0.1, -0.05) is 0 Å². The fourth-order valence-electron chi connectivity index (χ4n) is 3.54. The van der Waals surface area contributed by atoms with Gasteiger partial charge in [0.15, 0.2) is 0 Å². The van der Waals surface area contributed by atoms with Crippen molar-refractivity contribution in [3.8, 4) is 22.5 Å². The van der Waals surface area contributed by atoms with E-state index in [0.29, 0.717) is 0 Å². The third-order valence-electron chi connectivity index (χ3n) is 5.08. The average Bonchev–Trinajstić information content (AvgIpc) is 3.17. The molecule has 2 aromatic heterocycles. The Morgan fingerprint density at radius 1 is 0.964 bits per heavy atom. The van der Waals surface area contributed by atoms with Crippen molar-refractivity contribution < 1.29 is 9.13 Å². The van der Waals surface area contributed by atoms with Gasteiger partial charge in [-0.3, -0.25) is 9.88 Å². The normalized spacial score (nSPS) is 15.0. The van der Waals surface area contributed by atoms with Crippen molar-refractivity contribution in [2.45, 2.75) is 19.3 Å². The van der Waals surface area contributed by atoms with Crippen LogP contribution in [0.4, 0.5) is 4.39 Å². The monoisotopic (exact) mass is 380 g/mol. The fraction of sp³-hybridized carbons (Fsp3) is 0.364. The number of aromatic amines is 1. The highest BCUT2D eigenvalue weighted by Gasteiger charge is 2.15. The molecule has 6 heteroatoms. The Labute approximate surface area is 164 Å². The summed E-state index contributed by atoms with van der Waals surface area (Å²) in [4.78, 5) is 14.9. The van der Waals surface area contributed by atoms with E-state index in [1.54, 1.807) is 24.5 Å². The van der Waals surface area contributed by atoms with Gasteiger partial charge < -0.3 is 9.72 Å². The van der Waals surface area contributed by atoms with Crippen molar-refractivity contribution in [2.75, 3.05) is 32.8 Å². The van der Waals surface area contributed by atoms with Crippen molar-refractivity contribution in [1.29, 1.82) is 0 Å². The minimum Gasteiger partial charge on any atom is -0.379 e. The van der Waals surface area contributed by atoms with E-state index >= 15 is 0 Å². The molecule has 0 saturated carbocycles. The molecule has 1 fully saturated rings. The van der Waals surface area contributed by atoms with Crippen LogP contribution < -0.4 is 0 Å². The summed E-state index contributed by atoms with van der Waals surface area (Å²) < 4.78 is 18.7. The van der Waals surface area contributed by atoms with Crippen LogP contribution >= 0.6 is 0 Å². The molecule has 146 valence electrons. The van der Waals surface area contributed by atoms with Crippen LogP contribution in [0.5, 0.6) is 0 Å². The van der Waals surface area contributed by atoms with Crippen molar-refractivity contribution in [3.63, 3.8) is 0 Å². The van der Waals surface area contributed by atoms with Crippen molar-refractivity contribution in [1.82, 2.24) is 19.9 Å². The molecule has 3 aromatic rings. The Bertz CT molecular complexity index is 873. The van der Waals surface area contributed by atoms with E-state index in [4.69, 9.17) is 9.72 Å². The van der Waals surface area contributed by atoms with Crippen LogP contribution in [-0.4, -0.2) is 52.7 Å². The van der Waals surface area contributed by atoms with E-state index in [2.05, 4.69) is 14.9 Å². The van der Waals surface area contributed by atoms with Gasteiger partial charge >= 0.3 is 0 Å². The lowest BCUT2D eigenvalue weighted by atomic mass is 10.1. The lowest BCUT2D eigenvalue weighted by Crippen LogP contribution is -2.36. The first-order valence-electron chi connectivity index (χ1n) is 9.85. The molecular weight excluding hydrogens is 355 g/mol. The van der Waals surface area contributed by atoms with E-state index in [0.717, 1.165) is 80.4 Å². The number of nitrogens with one attached hydrogen (secondary N) is 1. The van der Waals surface area contributed by atoms with Crippen LogP contribution in [0.3, 0.4) is 0 Å². The number of pyridine rings is 1. The van der Waals surface area contributed by atoms with Gasteiger partial charge in [0.1, 0.15) is 11.6 Å². The van der Waals surface area contributed by atoms with Gasteiger partial charge in [0.2, 0.25) is 0 Å². The van der Waals surface area contributed by atoms with Crippen LogP contribution in [0.1, 0.15) is 18.7 Å². The maximum Gasteiger partial charge on any atom is 0.123 e. The second-order valence-corrected chi connectivity index (χ2v) is 7.06. The van der Waals surface area contributed by atoms with E-state index in [1.165, 1.54) is 12.1 Å². The second kappa shape index (κ2) is 9.08. The van der Waals surface area contributed by atoms with Gasteiger partial charge in [0.05, 0.1) is 24.6 Å². The Morgan fingerprint density at radius 3 is 2.46 bits per heavy atom. The smallest absolute Gasteiger partial charge is 0.123 e. The number of morpholine rings is 1. The molecule has 1 saturated heterocycles. The van der Waals surface area contributed by atoms with Gasteiger partial charge in [-0.2, -0.15) is 0 Å². The first-order chi connectivity index (χ1) is 13.8. The number of halogens is 1. The topological polar surface area (TPSA) is 54.0 Å². The number of benzene rings is 1. The predicted molar refractivity (Wildman–Crippen MR) is 107 cm³/mol. The van der Waals surface area contributed by atoms with Gasteiger partial charge in [-0.15, -0.1) is 0 Å². The summed E-state index contributed by atoms with van der Waals surface area (Å²) >= 11 is 0. The molecule has 0 unspecified atom stereocenters. The minimum atomic E-state index is -0.243. The van der Waals surface area contributed by atoms with E-state index in [1.807, 2.05) is 12.1 Å². The number of aromatic nitrogens is 3. The van der Waals surface area contributed by atoms with E-state index < -0.39 is 0 Å². The maximum absolute atomic E-state index is 13.3. The van der Waals surface area contributed by atoms with E-state index in [-0.39, 0.29) is 5.82 Å². The summed E-state index contributed by atoms with van der Waals surface area (Å²) in [5.41, 5.74) is 3.75. The van der Waals surface area contributed by atoms with Crippen LogP contribution in [0.25, 0.3) is 22.5 Å². The summed E-state index contributed by atoms with van der Waals surface area (Å²) in [6.45, 7) is 4.85. The maximum atomic E-state index is 13.3. The first-order valence-corrected chi connectivity index (χ1v) is 9.85. The Morgan fingerprint density at radius 2 is 1.71 bits per heavy atom. The predicted octanol–water partition coefficient (Wildman–Crippen LogP) is 3.93. The zero-order valence-corrected chi connectivity index (χ0v) is 15.9. The number of nitrogens with zero attached hydrogens (tertiary/aromatic N) is 3. The lowest BCUT2D eigenvalue weighted by molar-refractivity contribution is 0.0372. The molecule has 0 spiro atoms. The number of unbranched alkanes of at least 4 members (excludes halogenated alkanes) is 1. The third kappa shape index (κ3) is 4.64. The molecule has 0 radical (unpaired) electrons. The molecule has 28 heavy (non-hydrogen) atoms. The lowest BCUT2D eigenvalue weighted by Gasteiger charge is -2.26. The molecule has 5 nitrogen and oxygen atoms in total. The quantitative estimate of drug-likeness (QED) is 0.631. The van der Waals surface area contributed by atoms with Gasteiger partial charge in [-0.25, -0.2) is 9.37 Å². The van der Waals surface area contributed by atoms with Crippen molar-refractivity contribution in [2.24, 2.45) is 0 Å². The Kier molecular flexibility index (Phi) is 6.09. The number of hydrogen-bond acceptors (Lipinski definition) is 4. The zero-order chi connectivity index (χ0) is 19.2. The number of aryl methyl sites for hydroxylation is 1. The summed E-state index contributed by atoms with van der Waals surface area (Å²) in [5.74, 6) is 0.723. The highest BCUT2D eigenvalue weighted by atomic mass is 19.1. The number of imidazole rings is 1. The SMILES string of the molecule is Fc1ccc(-c2nc(CCCCN3CCOCC3)[nH]c2-c2ccncc2)cc1. The molecule has 0 bridgehead atoms. The number of hydrogen-bond donors (Lipinski definition) is 1. The summed E-state index contributed by atoms with van der Waals surface area (Å²) in [5, 5.41) is 0. The molecule has 1 aliphatic heterocycles. The Hall–Kier alpha value is -2.57. The second-order valence-electron chi connectivity index (χ2n) is 7.06. The number of H-pyrrole nitrogens is 1. The van der Waals surface area contributed by atoms with Gasteiger partial charge in [0, 0.05) is 43.0 Å². The van der Waals surface area contributed by atoms with Gasteiger partial charge in [-0.05, 0) is 55.8 Å². The van der Waals surface area contributed by atoms with Crippen LogP contribution in [0.15, 0.2) is 48.8 Å². The molecule has 1 N–H and O–H groups in total. The highest BCUT2D eigenvalue weighted by molar-refractivity contribution is 5.78. The van der Waals surface area contributed by atoms with Crippen LogP contribution in [0, 0.1) is 5.82 Å². The molecule has 3 heterocycles. The zero-order valence-electron chi connectivity index (χ0n) is 15.9. The molecule has 1 aromatic carbocycles. The first kappa shape index (κ1) is 18.8. The molecule has 1 aliphatic rings. The third-order valence-corrected chi connectivity index (χ3v) is 5.08. The molecule has 0 amide bonds. The van der Waals surface area contributed by atoms with Crippen molar-refractivity contribution >= 4 is 0 Å². The molecule has 0 atom stereocenters. The average molecular weight is 380 g/mol. The molecular formula is C22H25FN4O. The summed E-state index contributed by atoms with van der Waals surface area (Å²) in [7, 11) is 0. The number of ether oxygens (including phenoxy) is 1.